The van der Waals surface area contributed by atoms with Gasteiger partial charge in [-0.25, -0.2) is 4.79 Å². The highest BCUT2D eigenvalue weighted by Gasteiger charge is 2.16. The lowest BCUT2D eigenvalue weighted by Crippen LogP contribution is -2.35. The standard InChI is InChI=1S/C14H24N2O3/c1-6-7-8-11(10-17)12(15-5)9-16-13(18)19-14(2,3)4/h7-8,10,15H,6,9H2,1-5H3,(H,16,18)/b8-7+,12-11+. The van der Waals surface area contributed by atoms with Gasteiger partial charge in [-0.2, -0.15) is 0 Å². The lowest BCUT2D eigenvalue weighted by Gasteiger charge is -2.20. The molecule has 0 bridgehead atoms. The summed E-state index contributed by atoms with van der Waals surface area (Å²) in [6, 6.07) is 0. The summed E-state index contributed by atoms with van der Waals surface area (Å²) in [7, 11) is 1.70. The molecule has 0 heterocycles. The van der Waals surface area contributed by atoms with Gasteiger partial charge in [-0.1, -0.05) is 19.1 Å². The second kappa shape index (κ2) is 8.34. The van der Waals surface area contributed by atoms with Gasteiger partial charge in [0.25, 0.3) is 0 Å². The number of nitrogens with one attached hydrogen (secondary N) is 2. The van der Waals surface area contributed by atoms with Crippen molar-refractivity contribution < 1.29 is 14.3 Å². The predicted molar refractivity (Wildman–Crippen MR) is 75.8 cm³/mol. The van der Waals surface area contributed by atoms with Crippen molar-refractivity contribution in [1.29, 1.82) is 0 Å². The minimum Gasteiger partial charge on any atom is -0.444 e. The third kappa shape index (κ3) is 8.02. The third-order valence-electron chi connectivity index (χ3n) is 2.12. The van der Waals surface area contributed by atoms with Crippen molar-refractivity contribution in [3.05, 3.63) is 23.4 Å². The van der Waals surface area contributed by atoms with Crippen LogP contribution in [0.1, 0.15) is 34.1 Å². The first-order valence-corrected chi connectivity index (χ1v) is 6.33. The van der Waals surface area contributed by atoms with Gasteiger partial charge in [0.05, 0.1) is 6.54 Å². The number of rotatable bonds is 6. The number of aldehydes is 1. The number of hydrogen-bond acceptors (Lipinski definition) is 4. The van der Waals surface area contributed by atoms with E-state index in [1.54, 1.807) is 33.9 Å². The van der Waals surface area contributed by atoms with Crippen LogP contribution in [-0.2, 0) is 9.53 Å². The fourth-order valence-corrected chi connectivity index (χ4v) is 1.27. The van der Waals surface area contributed by atoms with E-state index in [0.29, 0.717) is 11.3 Å². The van der Waals surface area contributed by atoms with Crippen LogP contribution >= 0.6 is 0 Å². The monoisotopic (exact) mass is 268 g/mol. The van der Waals surface area contributed by atoms with Crippen LogP contribution in [0.4, 0.5) is 4.79 Å². The highest BCUT2D eigenvalue weighted by Crippen LogP contribution is 2.07. The Hall–Kier alpha value is -1.78. The summed E-state index contributed by atoms with van der Waals surface area (Å²) in [6.45, 7) is 7.58. The van der Waals surface area contributed by atoms with Gasteiger partial charge in [0.15, 0.2) is 6.29 Å². The molecule has 0 fully saturated rings. The molecule has 0 saturated carbocycles. The van der Waals surface area contributed by atoms with Crippen molar-refractivity contribution in [2.45, 2.75) is 39.7 Å². The van der Waals surface area contributed by atoms with E-state index in [1.165, 1.54) is 0 Å². The van der Waals surface area contributed by atoms with E-state index in [-0.39, 0.29) is 6.54 Å². The SMILES string of the molecule is CC/C=C/C(C=O)=C(/CNC(=O)OC(C)(C)C)NC. The highest BCUT2D eigenvalue weighted by molar-refractivity contribution is 5.79. The summed E-state index contributed by atoms with van der Waals surface area (Å²) in [5, 5.41) is 5.51. The van der Waals surface area contributed by atoms with E-state index in [2.05, 4.69) is 10.6 Å². The molecule has 2 N–H and O–H groups in total. The molecule has 0 aliphatic heterocycles. The number of amides is 1. The Bertz CT molecular complexity index is 365. The zero-order valence-corrected chi connectivity index (χ0v) is 12.4. The second-order valence-corrected chi connectivity index (χ2v) is 4.97. The van der Waals surface area contributed by atoms with Crippen LogP contribution in [0.2, 0.25) is 0 Å². The molecule has 108 valence electrons. The molecule has 0 unspecified atom stereocenters. The summed E-state index contributed by atoms with van der Waals surface area (Å²) in [6.07, 6.45) is 4.71. The molecule has 0 aliphatic carbocycles. The van der Waals surface area contributed by atoms with Crippen molar-refractivity contribution >= 4 is 12.4 Å². The maximum Gasteiger partial charge on any atom is 0.407 e. The van der Waals surface area contributed by atoms with Crippen LogP contribution in [0.3, 0.4) is 0 Å². The first-order chi connectivity index (χ1) is 8.84. The Labute approximate surface area is 115 Å². The van der Waals surface area contributed by atoms with Gasteiger partial charge in [-0.15, -0.1) is 0 Å². The highest BCUT2D eigenvalue weighted by atomic mass is 16.6. The van der Waals surface area contributed by atoms with E-state index >= 15 is 0 Å². The van der Waals surface area contributed by atoms with Gasteiger partial charge in [0, 0.05) is 18.3 Å². The van der Waals surface area contributed by atoms with E-state index < -0.39 is 11.7 Å². The van der Waals surface area contributed by atoms with Crippen LogP contribution in [-0.4, -0.2) is 31.6 Å². The number of likely N-dealkylation sites (N-methyl/N-ethyl adjacent to an activating group) is 1. The minimum absolute atomic E-state index is 0.216. The molecule has 0 aromatic heterocycles. The normalized spacial score (nSPS) is 12.9. The summed E-state index contributed by atoms with van der Waals surface area (Å²) in [4.78, 5) is 22.5. The molecule has 0 spiro atoms. The van der Waals surface area contributed by atoms with Crippen molar-refractivity contribution in [1.82, 2.24) is 10.6 Å². The zero-order valence-electron chi connectivity index (χ0n) is 12.4. The number of carbonyl (C=O) groups excluding carboxylic acids is 2. The number of alkyl carbamates (subject to hydrolysis) is 1. The minimum atomic E-state index is -0.538. The Kier molecular flexibility index (Phi) is 7.56. The average Bonchev–Trinajstić information content (AvgIpc) is 2.31. The third-order valence-corrected chi connectivity index (χ3v) is 2.12. The van der Waals surface area contributed by atoms with E-state index in [4.69, 9.17) is 4.74 Å². The van der Waals surface area contributed by atoms with Crippen molar-refractivity contribution in [2.24, 2.45) is 0 Å². The Morgan fingerprint density at radius 2 is 1.95 bits per heavy atom. The number of carbonyl (C=O) groups is 2. The van der Waals surface area contributed by atoms with Crippen LogP contribution in [0.5, 0.6) is 0 Å². The average molecular weight is 268 g/mol. The fraction of sp³-hybridized carbons (Fsp3) is 0.571. The van der Waals surface area contributed by atoms with Crippen LogP contribution in [0, 0.1) is 0 Å². The number of allylic oxidation sites excluding steroid dienone is 3. The number of hydrogen-bond donors (Lipinski definition) is 2. The van der Waals surface area contributed by atoms with Crippen molar-refractivity contribution in [3.8, 4) is 0 Å². The quantitative estimate of drug-likeness (QED) is 0.440. The van der Waals surface area contributed by atoms with Gasteiger partial charge in [0.1, 0.15) is 5.60 Å². The van der Waals surface area contributed by atoms with E-state index in [1.807, 2.05) is 13.0 Å². The molecule has 0 aromatic rings. The molecular formula is C14H24N2O3. The van der Waals surface area contributed by atoms with E-state index in [0.717, 1.165) is 12.7 Å². The van der Waals surface area contributed by atoms with Gasteiger partial charge in [-0.05, 0) is 27.2 Å². The molecule has 0 aromatic carbocycles. The molecule has 0 atom stereocenters. The summed E-state index contributed by atoms with van der Waals surface area (Å²) < 4.78 is 5.12. The molecule has 0 aliphatic rings. The topological polar surface area (TPSA) is 67.4 Å². The van der Waals surface area contributed by atoms with Crippen molar-refractivity contribution in [3.63, 3.8) is 0 Å². The Balaban J connectivity index is 4.64. The molecular weight excluding hydrogens is 244 g/mol. The van der Waals surface area contributed by atoms with Gasteiger partial charge in [-0.3, -0.25) is 4.79 Å². The lowest BCUT2D eigenvalue weighted by molar-refractivity contribution is -0.104. The Morgan fingerprint density at radius 1 is 1.32 bits per heavy atom. The maximum absolute atomic E-state index is 11.5. The van der Waals surface area contributed by atoms with Gasteiger partial charge >= 0.3 is 6.09 Å². The molecule has 5 heteroatoms. The van der Waals surface area contributed by atoms with Gasteiger partial charge in [0.2, 0.25) is 0 Å². The second-order valence-electron chi connectivity index (χ2n) is 4.97. The first-order valence-electron chi connectivity index (χ1n) is 6.33. The maximum atomic E-state index is 11.5. The van der Waals surface area contributed by atoms with Crippen LogP contribution < -0.4 is 10.6 Å². The van der Waals surface area contributed by atoms with Gasteiger partial charge < -0.3 is 15.4 Å². The van der Waals surface area contributed by atoms with E-state index in [9.17, 15) is 9.59 Å². The molecule has 0 radical (unpaired) electrons. The van der Waals surface area contributed by atoms with Crippen molar-refractivity contribution in [2.75, 3.05) is 13.6 Å². The zero-order chi connectivity index (χ0) is 14.9. The molecule has 0 rings (SSSR count). The predicted octanol–water partition coefficient (Wildman–Crippen LogP) is 2.15. The van der Waals surface area contributed by atoms with Crippen LogP contribution in [0.25, 0.3) is 0 Å². The molecule has 1 amide bonds. The summed E-state index contributed by atoms with van der Waals surface area (Å²) in [5.41, 5.74) is 0.620. The largest absolute Gasteiger partial charge is 0.444 e. The summed E-state index contributed by atoms with van der Waals surface area (Å²) in [5.74, 6) is 0. The molecule has 5 nitrogen and oxygen atoms in total. The smallest absolute Gasteiger partial charge is 0.407 e. The Morgan fingerprint density at radius 3 is 2.37 bits per heavy atom. The summed E-state index contributed by atoms with van der Waals surface area (Å²) >= 11 is 0. The molecule has 19 heavy (non-hydrogen) atoms. The fourth-order valence-electron chi connectivity index (χ4n) is 1.27. The first kappa shape index (κ1) is 17.2. The lowest BCUT2D eigenvalue weighted by atomic mass is 10.2. The molecule has 0 saturated heterocycles. The number of ether oxygens (including phenoxy) is 1. The van der Waals surface area contributed by atoms with Crippen LogP contribution in [0.15, 0.2) is 23.4 Å².